The number of ether oxygens (including phenoxy) is 3. The van der Waals surface area contributed by atoms with Gasteiger partial charge in [-0.15, -0.1) is 0 Å². The standard InChI is InChI=1S/C26H51N7O12/c27-2-1-8(35)6-32-16-21(40)18(37)11(5-28)43-23(16)14-9(29)3-10(33-25(41)26(42)4-13(26)30)22(19(14)38)45-24-20(39)15(31)17(36)12(7-34)44-24/h8-24,32,34-40,42H,1-7,27-31H2,(H,33,41)/t8?,9-,10+,11+,12+,13?,14?,15-,16+,17+,18+,19-,20+,21+,22-,23+,24+,26?/m0/s1. The predicted octanol–water partition coefficient (Wildman–Crippen LogP) is -9.09. The van der Waals surface area contributed by atoms with Gasteiger partial charge in [0.15, 0.2) is 11.9 Å². The van der Waals surface area contributed by atoms with Gasteiger partial charge in [-0.3, -0.25) is 4.79 Å². The first kappa shape index (κ1) is 36.6. The molecule has 4 unspecified atom stereocenters. The zero-order chi connectivity index (χ0) is 33.4. The van der Waals surface area contributed by atoms with Gasteiger partial charge in [-0.2, -0.15) is 0 Å². The van der Waals surface area contributed by atoms with E-state index < -0.39 is 122 Å². The van der Waals surface area contributed by atoms with Crippen LogP contribution in [0.25, 0.3) is 0 Å². The van der Waals surface area contributed by atoms with Crippen molar-refractivity contribution in [1.82, 2.24) is 10.6 Å². The fourth-order valence-electron chi connectivity index (χ4n) is 6.59. The molecule has 0 aromatic rings. The van der Waals surface area contributed by atoms with Crippen LogP contribution >= 0.6 is 0 Å². The van der Waals surface area contributed by atoms with Crippen LogP contribution < -0.4 is 39.3 Å². The molecule has 4 rings (SSSR count). The second-order valence-electron chi connectivity index (χ2n) is 12.7. The molecule has 20 N–H and O–H groups in total. The maximum atomic E-state index is 13.0. The van der Waals surface area contributed by atoms with Gasteiger partial charge >= 0.3 is 0 Å². The van der Waals surface area contributed by atoms with Crippen LogP contribution in [0.1, 0.15) is 19.3 Å². The average Bonchev–Trinajstić information content (AvgIpc) is 3.63. The molecule has 1 amide bonds. The molecular formula is C26H51N7O12. The molecule has 2 heterocycles. The highest BCUT2D eigenvalue weighted by atomic mass is 16.7. The number of carbonyl (C=O) groups excluding carboxylic acids is 1. The van der Waals surface area contributed by atoms with Crippen LogP contribution in [-0.2, 0) is 19.0 Å². The molecular weight excluding hydrogens is 602 g/mol. The van der Waals surface area contributed by atoms with Crippen molar-refractivity contribution in [2.24, 2.45) is 34.6 Å². The molecule has 0 radical (unpaired) electrons. The smallest absolute Gasteiger partial charge is 0.253 e. The van der Waals surface area contributed by atoms with Gasteiger partial charge in [0, 0.05) is 37.5 Å². The number of nitrogens with two attached hydrogens (primary N) is 5. The summed E-state index contributed by atoms with van der Waals surface area (Å²) in [5.41, 5.74) is 27.8. The topological polar surface area (TPSA) is 361 Å². The van der Waals surface area contributed by atoms with E-state index in [9.17, 15) is 45.6 Å². The van der Waals surface area contributed by atoms with Crippen LogP contribution in [0.4, 0.5) is 0 Å². The number of amides is 1. The van der Waals surface area contributed by atoms with Crippen molar-refractivity contribution in [1.29, 1.82) is 0 Å². The normalized spacial score (nSPS) is 49.4. The molecule has 0 spiro atoms. The zero-order valence-electron chi connectivity index (χ0n) is 24.9. The van der Waals surface area contributed by atoms with Gasteiger partial charge in [-0.1, -0.05) is 0 Å². The lowest BCUT2D eigenvalue weighted by Crippen LogP contribution is -2.73. The van der Waals surface area contributed by atoms with E-state index in [2.05, 4.69) is 10.6 Å². The quantitative estimate of drug-likeness (QED) is 0.0929. The van der Waals surface area contributed by atoms with Crippen molar-refractivity contribution in [2.45, 2.75) is 122 Å². The van der Waals surface area contributed by atoms with Crippen LogP contribution in [-0.4, -0.2) is 176 Å². The van der Waals surface area contributed by atoms with Gasteiger partial charge in [-0.25, -0.2) is 0 Å². The second kappa shape index (κ2) is 14.9. The SMILES string of the molecule is NCCC(O)CN[C@@H]1[C@@H](O)[C@H](O)[C@@H](CN)O[C@@H]1C1[C@@H](N)C[C@@H](NC(=O)C2(O)CC2N)[C@H](O[C@H]2O[C@H](CO)[C@@H](O)[C@H](N)[C@H]2O)[C@H]1O. The maximum Gasteiger partial charge on any atom is 0.253 e. The highest BCUT2D eigenvalue weighted by Crippen LogP contribution is 2.39. The van der Waals surface area contributed by atoms with Crippen LogP contribution in [0.15, 0.2) is 0 Å². The zero-order valence-corrected chi connectivity index (χ0v) is 24.9. The Labute approximate surface area is 259 Å². The third-order valence-corrected chi connectivity index (χ3v) is 9.56. The number of carbonyl (C=O) groups is 1. The van der Waals surface area contributed by atoms with Gasteiger partial charge in [0.05, 0.1) is 49.1 Å². The Hall–Kier alpha value is -1.21. The van der Waals surface area contributed by atoms with E-state index in [0.717, 1.165) is 0 Å². The number of nitrogens with one attached hydrogen (secondary N) is 2. The number of hydrogen-bond acceptors (Lipinski definition) is 18. The number of aliphatic hydroxyl groups excluding tert-OH is 7. The molecule has 18 atom stereocenters. The summed E-state index contributed by atoms with van der Waals surface area (Å²) in [7, 11) is 0. The maximum absolute atomic E-state index is 13.0. The molecule has 4 aliphatic rings. The molecule has 262 valence electrons. The highest BCUT2D eigenvalue weighted by molar-refractivity contribution is 5.89. The van der Waals surface area contributed by atoms with E-state index in [4.69, 9.17) is 42.9 Å². The van der Waals surface area contributed by atoms with Crippen LogP contribution in [0, 0.1) is 5.92 Å². The van der Waals surface area contributed by atoms with E-state index in [1.54, 1.807) is 0 Å². The highest BCUT2D eigenvalue weighted by Gasteiger charge is 2.60. The van der Waals surface area contributed by atoms with Crippen LogP contribution in [0.5, 0.6) is 0 Å². The van der Waals surface area contributed by atoms with Crippen LogP contribution in [0.3, 0.4) is 0 Å². The van der Waals surface area contributed by atoms with Gasteiger partial charge in [0.2, 0.25) is 0 Å². The van der Waals surface area contributed by atoms with Crippen molar-refractivity contribution >= 4 is 5.91 Å². The summed E-state index contributed by atoms with van der Waals surface area (Å²) in [4.78, 5) is 13.0. The van der Waals surface area contributed by atoms with Gasteiger partial charge < -0.3 is 94.4 Å². The Kier molecular flexibility index (Phi) is 12.1. The molecule has 19 nitrogen and oxygen atoms in total. The summed E-state index contributed by atoms with van der Waals surface area (Å²) >= 11 is 0. The summed E-state index contributed by atoms with van der Waals surface area (Å²) < 4.78 is 17.7. The Balaban J connectivity index is 1.65. The first-order valence-electron chi connectivity index (χ1n) is 15.3. The molecule has 0 aromatic heterocycles. The van der Waals surface area contributed by atoms with Crippen molar-refractivity contribution in [2.75, 3.05) is 26.2 Å². The summed E-state index contributed by atoms with van der Waals surface area (Å²) in [6.45, 7) is -0.733. The minimum absolute atomic E-state index is 0.00362. The van der Waals surface area contributed by atoms with Crippen molar-refractivity contribution in [3.8, 4) is 0 Å². The van der Waals surface area contributed by atoms with Crippen molar-refractivity contribution in [3.05, 3.63) is 0 Å². The van der Waals surface area contributed by atoms with E-state index >= 15 is 0 Å². The minimum atomic E-state index is -1.84. The molecule has 2 aliphatic carbocycles. The summed E-state index contributed by atoms with van der Waals surface area (Å²) in [6.07, 6.45) is -14.8. The fourth-order valence-corrected chi connectivity index (χ4v) is 6.59. The van der Waals surface area contributed by atoms with E-state index in [1.165, 1.54) is 0 Å². The number of hydrogen-bond donors (Lipinski definition) is 15. The molecule has 45 heavy (non-hydrogen) atoms. The second-order valence-corrected chi connectivity index (χ2v) is 12.7. The number of rotatable bonds is 12. The molecule has 0 bridgehead atoms. The van der Waals surface area contributed by atoms with Crippen LogP contribution in [0.2, 0.25) is 0 Å². The van der Waals surface area contributed by atoms with Gasteiger partial charge in [0.1, 0.15) is 36.6 Å². The third kappa shape index (κ3) is 7.44. The molecule has 2 saturated carbocycles. The molecule has 4 fully saturated rings. The molecule has 2 aliphatic heterocycles. The molecule has 19 heteroatoms. The Bertz CT molecular complexity index is 991. The molecule has 0 aromatic carbocycles. The largest absolute Gasteiger partial charge is 0.394 e. The number of aliphatic hydroxyl groups is 8. The monoisotopic (exact) mass is 653 g/mol. The Morgan fingerprint density at radius 2 is 1.64 bits per heavy atom. The third-order valence-electron chi connectivity index (χ3n) is 9.56. The Morgan fingerprint density at radius 1 is 0.978 bits per heavy atom. The fraction of sp³-hybridized carbons (Fsp3) is 0.962. The van der Waals surface area contributed by atoms with E-state index in [1.807, 2.05) is 0 Å². The summed E-state index contributed by atoms with van der Waals surface area (Å²) in [6, 6.07) is -5.25. The predicted molar refractivity (Wildman–Crippen MR) is 153 cm³/mol. The lowest BCUT2D eigenvalue weighted by molar-refractivity contribution is -0.308. The lowest BCUT2D eigenvalue weighted by atomic mass is 9.71. The minimum Gasteiger partial charge on any atom is -0.394 e. The Morgan fingerprint density at radius 3 is 2.22 bits per heavy atom. The summed E-state index contributed by atoms with van der Waals surface area (Å²) in [5.74, 6) is -1.91. The van der Waals surface area contributed by atoms with E-state index in [0.29, 0.717) is 0 Å². The van der Waals surface area contributed by atoms with Crippen molar-refractivity contribution in [3.63, 3.8) is 0 Å². The first-order chi connectivity index (χ1) is 21.2. The van der Waals surface area contributed by atoms with Crippen molar-refractivity contribution < 1.29 is 59.9 Å². The van der Waals surface area contributed by atoms with Gasteiger partial charge in [-0.05, 0) is 19.4 Å². The average molecular weight is 654 g/mol. The molecule has 2 saturated heterocycles. The first-order valence-corrected chi connectivity index (χ1v) is 15.3. The lowest BCUT2D eigenvalue weighted by Gasteiger charge is -2.53. The summed E-state index contributed by atoms with van der Waals surface area (Å²) in [5, 5.41) is 90.8. The van der Waals surface area contributed by atoms with E-state index in [-0.39, 0.29) is 38.9 Å². The van der Waals surface area contributed by atoms with Gasteiger partial charge in [0.25, 0.3) is 5.91 Å².